The summed E-state index contributed by atoms with van der Waals surface area (Å²) in [7, 11) is 0. The van der Waals surface area contributed by atoms with Crippen molar-refractivity contribution in [2.24, 2.45) is 0 Å². The molecule has 3 aromatic carbocycles. The molecule has 0 unspecified atom stereocenters. The van der Waals surface area contributed by atoms with E-state index in [4.69, 9.17) is 0 Å². The zero-order valence-corrected chi connectivity index (χ0v) is 14.6. The van der Waals surface area contributed by atoms with Gasteiger partial charge in [0, 0.05) is 14.8 Å². The Morgan fingerprint density at radius 1 is 0.955 bits per heavy atom. The fraction of sp³-hybridized carbons (Fsp3) is 0.105. The molecule has 3 aromatic rings. The second kappa shape index (κ2) is 6.08. The van der Waals surface area contributed by atoms with E-state index < -0.39 is 0 Å². The second-order valence-electron chi connectivity index (χ2n) is 5.40. The lowest BCUT2D eigenvalue weighted by molar-refractivity contribution is 0.102. The van der Waals surface area contributed by atoms with Crippen LogP contribution in [-0.4, -0.2) is 5.91 Å². The summed E-state index contributed by atoms with van der Waals surface area (Å²) in [6, 6.07) is 17.9. The monoisotopic (exact) mass is 401 g/mol. The molecule has 0 radical (unpaired) electrons. The normalized spacial score (nSPS) is 10.7. The summed E-state index contributed by atoms with van der Waals surface area (Å²) in [5, 5.41) is 5.09. The standard InChI is InChI=1S/C19H16INO/c1-12-11-18(13(2)10-17(12)20)21-19(22)16-9-5-7-14-6-3-4-8-15(14)16/h3-11H,1-2H3,(H,21,22). The lowest BCUT2D eigenvalue weighted by atomic mass is 10.0. The van der Waals surface area contributed by atoms with E-state index in [-0.39, 0.29) is 5.91 Å². The van der Waals surface area contributed by atoms with Crippen LogP contribution in [0.25, 0.3) is 10.8 Å². The van der Waals surface area contributed by atoms with Gasteiger partial charge in [0.05, 0.1) is 0 Å². The van der Waals surface area contributed by atoms with Crippen molar-refractivity contribution in [3.63, 3.8) is 0 Å². The van der Waals surface area contributed by atoms with Crippen LogP contribution < -0.4 is 5.32 Å². The van der Waals surface area contributed by atoms with Gasteiger partial charge < -0.3 is 5.32 Å². The number of benzene rings is 3. The van der Waals surface area contributed by atoms with Gasteiger partial charge in [-0.1, -0.05) is 36.4 Å². The van der Waals surface area contributed by atoms with Crippen molar-refractivity contribution in [3.8, 4) is 0 Å². The maximum atomic E-state index is 12.7. The first-order valence-corrected chi connectivity index (χ1v) is 8.20. The van der Waals surface area contributed by atoms with Crippen molar-refractivity contribution in [1.82, 2.24) is 0 Å². The molecule has 0 fully saturated rings. The number of carbonyl (C=O) groups is 1. The van der Waals surface area contributed by atoms with Crippen LogP contribution in [0.3, 0.4) is 0 Å². The maximum Gasteiger partial charge on any atom is 0.256 e. The molecule has 0 heterocycles. The van der Waals surface area contributed by atoms with Gasteiger partial charge >= 0.3 is 0 Å². The fourth-order valence-electron chi connectivity index (χ4n) is 2.53. The van der Waals surface area contributed by atoms with E-state index in [1.165, 1.54) is 9.13 Å². The van der Waals surface area contributed by atoms with E-state index in [9.17, 15) is 4.79 Å². The average Bonchev–Trinajstić information content (AvgIpc) is 2.52. The summed E-state index contributed by atoms with van der Waals surface area (Å²) in [5.41, 5.74) is 3.81. The van der Waals surface area contributed by atoms with E-state index in [1.807, 2.05) is 55.5 Å². The Bertz CT molecular complexity index is 865. The molecule has 1 N–H and O–H groups in total. The molecule has 1 amide bonds. The number of rotatable bonds is 2. The molecule has 3 heteroatoms. The Morgan fingerprint density at radius 2 is 1.68 bits per heavy atom. The minimum atomic E-state index is -0.0690. The van der Waals surface area contributed by atoms with Crippen molar-refractivity contribution in [2.75, 3.05) is 5.32 Å². The zero-order valence-electron chi connectivity index (χ0n) is 12.5. The first-order valence-electron chi connectivity index (χ1n) is 7.12. The number of hydrogen-bond acceptors (Lipinski definition) is 1. The molecule has 0 saturated carbocycles. The third-order valence-corrected chi connectivity index (χ3v) is 4.95. The summed E-state index contributed by atoms with van der Waals surface area (Å²) < 4.78 is 1.21. The van der Waals surface area contributed by atoms with Gasteiger partial charge in [0.15, 0.2) is 0 Å². The van der Waals surface area contributed by atoms with Crippen LogP contribution in [0, 0.1) is 17.4 Å². The van der Waals surface area contributed by atoms with E-state index in [0.717, 1.165) is 22.0 Å². The Kier molecular flexibility index (Phi) is 4.16. The van der Waals surface area contributed by atoms with Crippen LogP contribution in [0.2, 0.25) is 0 Å². The molecule has 2 nitrogen and oxygen atoms in total. The molecule has 0 aliphatic rings. The summed E-state index contributed by atoms with van der Waals surface area (Å²) in [6.07, 6.45) is 0. The SMILES string of the molecule is Cc1cc(NC(=O)c2cccc3ccccc23)c(C)cc1I. The lowest BCUT2D eigenvalue weighted by Gasteiger charge is -2.12. The highest BCUT2D eigenvalue weighted by Gasteiger charge is 2.12. The van der Waals surface area contributed by atoms with E-state index >= 15 is 0 Å². The number of nitrogens with one attached hydrogen (secondary N) is 1. The molecule has 110 valence electrons. The average molecular weight is 401 g/mol. The smallest absolute Gasteiger partial charge is 0.256 e. The largest absolute Gasteiger partial charge is 0.322 e. The van der Waals surface area contributed by atoms with Crippen LogP contribution in [0.1, 0.15) is 21.5 Å². The summed E-state index contributed by atoms with van der Waals surface area (Å²) in [5.74, 6) is -0.0690. The molecule has 0 aromatic heterocycles. The molecule has 3 rings (SSSR count). The highest BCUT2D eigenvalue weighted by molar-refractivity contribution is 14.1. The van der Waals surface area contributed by atoms with Crippen LogP contribution in [-0.2, 0) is 0 Å². The van der Waals surface area contributed by atoms with Crippen molar-refractivity contribution >= 4 is 45.0 Å². The van der Waals surface area contributed by atoms with Gasteiger partial charge in [-0.25, -0.2) is 0 Å². The van der Waals surface area contributed by atoms with Gasteiger partial charge in [0.1, 0.15) is 0 Å². The van der Waals surface area contributed by atoms with Crippen LogP contribution in [0.15, 0.2) is 54.6 Å². The molecular formula is C19H16INO. The Balaban J connectivity index is 1.99. The molecule has 0 aliphatic carbocycles. The molecule has 22 heavy (non-hydrogen) atoms. The first-order chi connectivity index (χ1) is 10.6. The quantitative estimate of drug-likeness (QED) is 0.579. The number of fused-ring (bicyclic) bond motifs is 1. The van der Waals surface area contributed by atoms with Crippen molar-refractivity contribution < 1.29 is 4.79 Å². The molecule has 0 aliphatic heterocycles. The fourth-order valence-corrected chi connectivity index (χ4v) is 3.15. The number of carbonyl (C=O) groups excluding carboxylic acids is 1. The van der Waals surface area contributed by atoms with Gasteiger partial charge in [-0.2, -0.15) is 0 Å². The third-order valence-electron chi connectivity index (χ3n) is 3.79. The van der Waals surface area contributed by atoms with Gasteiger partial charge in [-0.05, 0) is 76.5 Å². The maximum absolute atomic E-state index is 12.7. The topological polar surface area (TPSA) is 29.1 Å². The molecule has 0 bridgehead atoms. The van der Waals surface area contributed by atoms with Gasteiger partial charge in [-0.3, -0.25) is 4.79 Å². The number of halogens is 1. The first kappa shape index (κ1) is 15.0. The summed E-state index contributed by atoms with van der Waals surface area (Å²) in [4.78, 5) is 12.7. The second-order valence-corrected chi connectivity index (χ2v) is 6.56. The predicted molar refractivity (Wildman–Crippen MR) is 101 cm³/mol. The highest BCUT2D eigenvalue weighted by atomic mass is 127. The Hall–Kier alpha value is -1.88. The predicted octanol–water partition coefficient (Wildman–Crippen LogP) is 5.31. The Morgan fingerprint density at radius 3 is 2.50 bits per heavy atom. The molecule has 0 saturated heterocycles. The minimum Gasteiger partial charge on any atom is -0.322 e. The van der Waals surface area contributed by atoms with Crippen LogP contribution >= 0.6 is 22.6 Å². The van der Waals surface area contributed by atoms with Gasteiger partial charge in [0.2, 0.25) is 0 Å². The third kappa shape index (κ3) is 2.86. The lowest BCUT2D eigenvalue weighted by Crippen LogP contribution is -2.13. The van der Waals surface area contributed by atoms with Crippen molar-refractivity contribution in [3.05, 3.63) is 74.9 Å². The number of hydrogen-bond donors (Lipinski definition) is 1. The van der Waals surface area contributed by atoms with E-state index in [1.54, 1.807) is 0 Å². The highest BCUT2D eigenvalue weighted by Crippen LogP contribution is 2.24. The van der Waals surface area contributed by atoms with Crippen molar-refractivity contribution in [1.29, 1.82) is 0 Å². The van der Waals surface area contributed by atoms with Gasteiger partial charge in [0.25, 0.3) is 5.91 Å². The van der Waals surface area contributed by atoms with Gasteiger partial charge in [-0.15, -0.1) is 0 Å². The molecular weight excluding hydrogens is 385 g/mol. The minimum absolute atomic E-state index is 0.0690. The summed E-state index contributed by atoms with van der Waals surface area (Å²) >= 11 is 2.31. The van der Waals surface area contributed by atoms with Crippen LogP contribution in [0.4, 0.5) is 5.69 Å². The van der Waals surface area contributed by atoms with Crippen LogP contribution in [0.5, 0.6) is 0 Å². The number of aryl methyl sites for hydroxylation is 2. The van der Waals surface area contributed by atoms with E-state index in [0.29, 0.717) is 5.56 Å². The Labute approximate surface area is 143 Å². The molecule has 0 atom stereocenters. The van der Waals surface area contributed by atoms with Crippen molar-refractivity contribution in [2.45, 2.75) is 13.8 Å². The van der Waals surface area contributed by atoms with E-state index in [2.05, 4.69) is 40.9 Å². The number of amides is 1. The number of anilines is 1. The molecule has 0 spiro atoms. The summed E-state index contributed by atoms with van der Waals surface area (Å²) in [6.45, 7) is 4.06. The zero-order chi connectivity index (χ0) is 15.7.